The minimum Gasteiger partial charge on any atom is -0.443 e. The van der Waals surface area contributed by atoms with Gasteiger partial charge in [-0.15, -0.1) is 0 Å². The number of hydrogen-bond acceptors (Lipinski definition) is 12. The first-order chi connectivity index (χ1) is 23.7. The molecule has 21 heteroatoms. The lowest BCUT2D eigenvalue weighted by Gasteiger charge is -2.25. The van der Waals surface area contributed by atoms with Crippen LogP contribution in [-0.4, -0.2) is 54.1 Å². The van der Waals surface area contributed by atoms with E-state index >= 15 is 0 Å². The third-order valence-corrected chi connectivity index (χ3v) is 9.37. The van der Waals surface area contributed by atoms with E-state index in [-0.39, 0.29) is 17.9 Å². The number of rotatable bonds is 7. The fourth-order valence-corrected chi connectivity index (χ4v) is 6.17. The van der Waals surface area contributed by atoms with Gasteiger partial charge in [0, 0.05) is 43.0 Å². The first-order valence-corrected chi connectivity index (χ1v) is 19.9. The Hall–Kier alpha value is -3.49. The first-order valence-electron chi connectivity index (χ1n) is 14.5. The lowest BCUT2D eigenvalue weighted by Crippen LogP contribution is -2.43. The number of fused-ring (bicyclic) bond motifs is 3. The molecule has 51 heavy (non-hydrogen) atoms. The van der Waals surface area contributed by atoms with Gasteiger partial charge in [-0.25, -0.2) is 23.5 Å². The van der Waals surface area contributed by atoms with Crippen molar-refractivity contribution in [3.63, 3.8) is 0 Å². The highest BCUT2D eigenvalue weighted by molar-refractivity contribution is 9.08. The smallest absolute Gasteiger partial charge is 0.425 e. The maximum absolute atomic E-state index is 12.1. The van der Waals surface area contributed by atoms with Crippen molar-refractivity contribution in [2.75, 3.05) is 5.75 Å². The molecule has 6 aromatic rings. The molecule has 1 amide bonds. The molecule has 3 heterocycles. The second kappa shape index (κ2) is 16.5. The molecule has 4 N–H and O–H groups in total. The Morgan fingerprint density at radius 2 is 1.18 bits per heavy atom. The number of aryl methyl sites for hydroxylation is 1. The molecule has 6 rings (SSSR count). The lowest BCUT2D eigenvalue weighted by molar-refractivity contribution is 0.0380. The number of primary sulfonamides is 1. The summed E-state index contributed by atoms with van der Waals surface area (Å²) in [6.07, 6.45) is -0.884. The van der Waals surface area contributed by atoms with Crippen LogP contribution >= 0.6 is 50.7 Å². The number of nitrogens with zero attached hydrogens (tertiary/aromatic N) is 4. The molecule has 0 radical (unpaired) electrons. The molecule has 0 saturated carbocycles. The molecule has 0 unspecified atom stereocenters. The highest BCUT2D eigenvalue weighted by Gasteiger charge is 2.31. The van der Waals surface area contributed by atoms with Crippen LogP contribution in [0.4, 0.5) is 4.79 Å². The van der Waals surface area contributed by atoms with E-state index in [1.165, 1.54) is 0 Å². The van der Waals surface area contributed by atoms with Crippen molar-refractivity contribution in [2.45, 2.75) is 44.7 Å². The van der Waals surface area contributed by atoms with Gasteiger partial charge in [-0.1, -0.05) is 66.2 Å². The van der Waals surface area contributed by atoms with Crippen LogP contribution in [0.1, 0.15) is 37.9 Å². The molecule has 274 valence electrons. The van der Waals surface area contributed by atoms with Gasteiger partial charge in [-0.2, -0.15) is 12.7 Å². The predicted octanol–water partition coefficient (Wildman–Crippen LogP) is 7.11. The van der Waals surface area contributed by atoms with Gasteiger partial charge in [0.15, 0.2) is 16.7 Å². The van der Waals surface area contributed by atoms with Crippen molar-refractivity contribution in [2.24, 2.45) is 10.3 Å². The zero-order chi connectivity index (χ0) is 37.7. The van der Waals surface area contributed by atoms with E-state index in [0.717, 1.165) is 22.0 Å². The highest BCUT2D eigenvalue weighted by atomic mass is 79.9. The molecular formula is C30H30BrCl3N6O9S2. The summed E-state index contributed by atoms with van der Waals surface area (Å²) < 4.78 is 65.7. The number of halogens is 4. The number of amides is 1. The molecule has 0 atom stereocenters. The molecule has 0 bridgehead atoms. The number of alkyl halides is 1. The zero-order valence-electron chi connectivity index (χ0n) is 27.0. The van der Waals surface area contributed by atoms with Crippen LogP contribution in [-0.2, 0) is 43.3 Å². The van der Waals surface area contributed by atoms with Crippen LogP contribution in [0.15, 0.2) is 68.2 Å². The lowest BCUT2D eigenvalue weighted by atomic mass is 10.2. The maximum atomic E-state index is 12.1. The van der Waals surface area contributed by atoms with E-state index in [2.05, 4.69) is 31.4 Å². The average Bonchev–Trinajstić information content (AvgIpc) is 3.73. The van der Waals surface area contributed by atoms with Crippen molar-refractivity contribution in [1.82, 2.24) is 19.8 Å². The van der Waals surface area contributed by atoms with Crippen molar-refractivity contribution >= 4 is 110 Å². The van der Waals surface area contributed by atoms with Crippen LogP contribution in [0.5, 0.6) is 0 Å². The number of benzene rings is 3. The summed E-state index contributed by atoms with van der Waals surface area (Å²) in [6.45, 7) is 4.40. The molecule has 0 saturated heterocycles. The van der Waals surface area contributed by atoms with Crippen LogP contribution in [0.25, 0.3) is 32.9 Å². The maximum Gasteiger partial charge on any atom is 0.425 e. The van der Waals surface area contributed by atoms with Crippen LogP contribution in [0.2, 0.25) is 15.1 Å². The number of ether oxygens (including phenoxy) is 1. The predicted molar refractivity (Wildman–Crippen MR) is 196 cm³/mol. The highest BCUT2D eigenvalue weighted by Crippen LogP contribution is 2.26. The number of aromatic nitrogens is 3. The Morgan fingerprint density at radius 1 is 0.765 bits per heavy atom. The quantitative estimate of drug-likeness (QED) is 0.153. The summed E-state index contributed by atoms with van der Waals surface area (Å²) in [6, 6.07) is 15.2. The molecule has 15 nitrogen and oxygen atoms in total. The van der Waals surface area contributed by atoms with E-state index in [9.17, 15) is 21.6 Å². The van der Waals surface area contributed by atoms with Crippen LogP contribution in [0.3, 0.4) is 0 Å². The summed E-state index contributed by atoms with van der Waals surface area (Å²) >= 11 is 20.9. The van der Waals surface area contributed by atoms with Crippen molar-refractivity contribution in [3.8, 4) is 0 Å². The summed E-state index contributed by atoms with van der Waals surface area (Å²) in [4.78, 5) is 12.1. The topological polar surface area (TPSA) is 228 Å². The van der Waals surface area contributed by atoms with E-state index in [4.69, 9.17) is 63.4 Å². The monoisotopic (exact) mass is 866 g/mol. The van der Waals surface area contributed by atoms with E-state index < -0.39 is 38.5 Å². The van der Waals surface area contributed by atoms with E-state index in [0.29, 0.717) is 46.9 Å². The number of nitrogens with two attached hydrogens (primary N) is 2. The molecule has 0 aliphatic rings. The number of carbonyl (C=O) groups excluding carboxylic acids is 1. The van der Waals surface area contributed by atoms with Crippen LogP contribution in [0, 0.1) is 0 Å². The second-order valence-corrected chi connectivity index (χ2v) is 16.7. The summed E-state index contributed by atoms with van der Waals surface area (Å²) in [5.41, 5.74) is 2.50. The fraction of sp³-hybridized carbons (Fsp3) is 0.267. The van der Waals surface area contributed by atoms with Gasteiger partial charge < -0.3 is 18.3 Å². The molecule has 0 fully saturated rings. The number of hydrogen-bond donors (Lipinski definition) is 2. The Balaban J connectivity index is 0.000000181. The van der Waals surface area contributed by atoms with Gasteiger partial charge >= 0.3 is 16.3 Å². The molecule has 0 aliphatic carbocycles. The Morgan fingerprint density at radius 3 is 1.59 bits per heavy atom. The van der Waals surface area contributed by atoms with Gasteiger partial charge in [-0.05, 0) is 75.4 Å². The van der Waals surface area contributed by atoms with Gasteiger partial charge in [0.1, 0.15) is 17.0 Å². The normalized spacial score (nSPS) is 11.9. The first kappa shape index (κ1) is 40.3. The van der Waals surface area contributed by atoms with Crippen LogP contribution < -0.4 is 10.3 Å². The standard InChI is InChI=1S/C13H16ClN3O5S.C9H9ClN2O3S.C8H5BrClNO/c1-13(2,3)21-12(18)17(23(15,19)20)7-10-9-6-8(14)4-5-11(9)22-16-10;10-6-1-2-9-7(5-6)8(12-15-9)3-4-16(11,13)14;9-4-7-6-3-5(10)1-2-8(6)12-11-7/h4-6H,7H2,1-3H3,(H2,15,19,20);1-2,5H,3-4H2,(H2,11,13,14);1-3H,4H2. The number of carbonyl (C=O) groups is 1. The van der Waals surface area contributed by atoms with Gasteiger partial charge in [0.2, 0.25) is 10.0 Å². The van der Waals surface area contributed by atoms with E-state index in [1.807, 2.05) is 12.1 Å². The minimum atomic E-state index is -4.35. The third-order valence-electron chi connectivity index (χ3n) is 6.47. The largest absolute Gasteiger partial charge is 0.443 e. The summed E-state index contributed by atoms with van der Waals surface area (Å²) in [7, 11) is -7.84. The zero-order valence-corrected chi connectivity index (χ0v) is 32.5. The fourth-order valence-electron chi connectivity index (χ4n) is 4.22. The molecule has 3 aromatic heterocycles. The van der Waals surface area contributed by atoms with Crippen molar-refractivity contribution < 1.29 is 39.9 Å². The molecule has 0 aliphatic heterocycles. The Kier molecular flexibility index (Phi) is 13.0. The Bertz CT molecular complexity index is 2390. The van der Waals surface area contributed by atoms with Crippen molar-refractivity contribution in [1.29, 1.82) is 0 Å². The van der Waals surface area contributed by atoms with E-state index in [1.54, 1.807) is 63.2 Å². The van der Waals surface area contributed by atoms with Gasteiger partial charge in [0.05, 0.1) is 18.0 Å². The van der Waals surface area contributed by atoms with Gasteiger partial charge in [-0.3, -0.25) is 0 Å². The minimum absolute atomic E-state index is 0.166. The summed E-state index contributed by atoms with van der Waals surface area (Å²) in [5, 5.41) is 26.0. The van der Waals surface area contributed by atoms with Gasteiger partial charge in [0.25, 0.3) is 0 Å². The Labute approximate surface area is 315 Å². The molecular weight excluding hydrogens is 839 g/mol. The second-order valence-electron chi connectivity index (χ2n) is 11.6. The third kappa shape index (κ3) is 11.5. The number of sulfonamides is 1. The molecule has 3 aromatic carbocycles. The average molecular weight is 869 g/mol. The molecule has 0 spiro atoms. The van der Waals surface area contributed by atoms with Crippen molar-refractivity contribution in [3.05, 3.63) is 86.7 Å². The SMILES string of the molecule is CC(C)(C)OC(=O)N(Cc1noc2ccc(Cl)cc12)S(N)(=O)=O.Clc1ccc2onc(CBr)c2c1.NS(=O)(=O)CCc1noc2ccc(Cl)cc12. The summed E-state index contributed by atoms with van der Waals surface area (Å²) in [5.74, 6) is -0.166.